The van der Waals surface area contributed by atoms with E-state index in [0.29, 0.717) is 23.3 Å². The normalized spacial score (nSPS) is 9.49. The Bertz CT molecular complexity index is 789. The van der Waals surface area contributed by atoms with Gasteiger partial charge in [0, 0.05) is 16.7 Å². The third-order valence-corrected chi connectivity index (χ3v) is 5.86. The molecule has 236 valence electrons. The molecule has 0 heterocycles. The van der Waals surface area contributed by atoms with Gasteiger partial charge in [0.2, 0.25) is 6.08 Å². The van der Waals surface area contributed by atoms with Crippen molar-refractivity contribution in [1.82, 2.24) is 0 Å². The van der Waals surface area contributed by atoms with Crippen molar-refractivity contribution in [3.8, 4) is 0 Å². The molecular formula is C32H55NO7S. The van der Waals surface area contributed by atoms with Crippen molar-refractivity contribution >= 4 is 36.6 Å². The molecule has 0 aliphatic carbocycles. The first-order valence-electron chi connectivity index (χ1n) is 14.6. The molecule has 0 aliphatic rings. The van der Waals surface area contributed by atoms with Crippen LogP contribution < -0.4 is 0 Å². The molecule has 0 amide bonds. The van der Waals surface area contributed by atoms with Crippen LogP contribution in [0, 0.1) is 0 Å². The fourth-order valence-corrected chi connectivity index (χ4v) is 3.31. The molecule has 0 aromatic rings. The number of aliphatic imine (C=N–C) groups is 1. The molecule has 0 bridgehead atoms. The second-order valence-corrected chi connectivity index (χ2v) is 10.1. The Kier molecular flexibility index (Phi) is 35.1. The predicted octanol–water partition coefficient (Wildman–Crippen LogP) is 7.67. The molecule has 0 atom stereocenters. The lowest BCUT2D eigenvalue weighted by Crippen LogP contribution is -2.08. The summed E-state index contributed by atoms with van der Waals surface area (Å²) in [5.41, 5.74) is 1.41. The Balaban J connectivity index is -0.000000658. The van der Waals surface area contributed by atoms with Gasteiger partial charge in [-0.25, -0.2) is 24.2 Å². The number of unbranched alkanes of at least 4 members (excludes halogenated alkanes) is 11. The summed E-state index contributed by atoms with van der Waals surface area (Å²) in [6.45, 7) is 16.6. The highest BCUT2D eigenvalue weighted by atomic mass is 32.1. The van der Waals surface area contributed by atoms with Gasteiger partial charge in [0.15, 0.2) is 0 Å². The number of hydrogen-bond donors (Lipinski definition) is 1. The summed E-state index contributed by atoms with van der Waals surface area (Å²) in [6.07, 6.45) is 18.4. The lowest BCUT2D eigenvalue weighted by atomic mass is 10.0. The summed E-state index contributed by atoms with van der Waals surface area (Å²) in [5, 5.41) is 0. The summed E-state index contributed by atoms with van der Waals surface area (Å²) in [7, 11) is 1.33. The van der Waals surface area contributed by atoms with Gasteiger partial charge in [-0.1, -0.05) is 90.9 Å². The number of carbonyl (C=O) groups excluding carboxylic acids is 4. The van der Waals surface area contributed by atoms with E-state index in [9.17, 15) is 19.2 Å². The molecule has 0 saturated carbocycles. The predicted molar refractivity (Wildman–Crippen MR) is 170 cm³/mol. The van der Waals surface area contributed by atoms with Crippen LogP contribution in [0.5, 0.6) is 0 Å². The van der Waals surface area contributed by atoms with E-state index in [0.717, 1.165) is 31.4 Å². The summed E-state index contributed by atoms with van der Waals surface area (Å²) < 4.78 is 14.0. The molecule has 0 spiro atoms. The molecule has 41 heavy (non-hydrogen) atoms. The average molecular weight is 598 g/mol. The molecule has 0 rings (SSSR count). The fraction of sp³-hybridized carbons (Fsp3) is 0.688. The maximum absolute atomic E-state index is 11.6. The van der Waals surface area contributed by atoms with Gasteiger partial charge < -0.3 is 14.2 Å². The molecule has 0 aromatic heterocycles. The monoisotopic (exact) mass is 597 g/mol. The molecule has 0 radical (unpaired) electrons. The Hall–Kier alpha value is -2.64. The van der Waals surface area contributed by atoms with Crippen molar-refractivity contribution in [2.45, 2.75) is 111 Å². The minimum Gasteiger partial charge on any atom is -0.466 e. The molecule has 0 aromatic carbocycles. The Labute approximate surface area is 254 Å². The van der Waals surface area contributed by atoms with E-state index >= 15 is 0 Å². The van der Waals surface area contributed by atoms with Gasteiger partial charge in [0.25, 0.3) is 0 Å². The number of methoxy groups -OCH3 is 1. The van der Waals surface area contributed by atoms with E-state index in [4.69, 9.17) is 4.74 Å². The van der Waals surface area contributed by atoms with Crippen LogP contribution in [-0.2, 0) is 33.4 Å². The topological polar surface area (TPSA) is 108 Å². The lowest BCUT2D eigenvalue weighted by Gasteiger charge is -2.06. The number of ether oxygens (including phenoxy) is 3. The van der Waals surface area contributed by atoms with Gasteiger partial charge in [-0.3, -0.25) is 0 Å². The first-order chi connectivity index (χ1) is 19.6. The van der Waals surface area contributed by atoms with E-state index in [-0.39, 0.29) is 25.1 Å². The van der Waals surface area contributed by atoms with Crippen molar-refractivity contribution in [3.05, 3.63) is 36.5 Å². The fourth-order valence-electron chi connectivity index (χ4n) is 3.08. The van der Waals surface area contributed by atoms with Crippen molar-refractivity contribution in [1.29, 1.82) is 0 Å². The lowest BCUT2D eigenvalue weighted by molar-refractivity contribution is -0.139. The zero-order valence-electron chi connectivity index (χ0n) is 26.1. The molecule has 9 heteroatoms. The zero-order chi connectivity index (χ0) is 31.7. The van der Waals surface area contributed by atoms with Crippen LogP contribution >= 0.6 is 12.6 Å². The Morgan fingerprint density at radius 1 is 0.707 bits per heavy atom. The van der Waals surface area contributed by atoms with Crippen molar-refractivity contribution in [2.75, 3.05) is 32.6 Å². The van der Waals surface area contributed by atoms with E-state index in [1.54, 1.807) is 13.8 Å². The minimum atomic E-state index is -0.467. The molecule has 0 saturated heterocycles. The summed E-state index contributed by atoms with van der Waals surface area (Å²) in [6, 6.07) is 0. The van der Waals surface area contributed by atoms with Crippen LogP contribution in [0.3, 0.4) is 0 Å². The smallest absolute Gasteiger partial charge is 0.333 e. The Morgan fingerprint density at radius 2 is 1.17 bits per heavy atom. The number of esters is 3. The first-order valence-corrected chi connectivity index (χ1v) is 15.3. The van der Waals surface area contributed by atoms with Crippen molar-refractivity contribution in [2.24, 2.45) is 4.99 Å². The molecule has 8 nitrogen and oxygen atoms in total. The van der Waals surface area contributed by atoms with E-state index in [1.165, 1.54) is 77.4 Å². The van der Waals surface area contributed by atoms with E-state index in [1.807, 2.05) is 0 Å². The minimum absolute atomic E-state index is 0.0981. The van der Waals surface area contributed by atoms with Crippen LogP contribution in [0.4, 0.5) is 0 Å². The summed E-state index contributed by atoms with van der Waals surface area (Å²) in [4.78, 5) is 45.2. The average Bonchev–Trinajstić information content (AvgIpc) is 2.95. The number of hydrogen-bond acceptors (Lipinski definition) is 9. The van der Waals surface area contributed by atoms with Crippen LogP contribution in [0.1, 0.15) is 111 Å². The highest BCUT2D eigenvalue weighted by Crippen LogP contribution is 2.14. The number of carbonyl (C=O) groups is 3. The van der Waals surface area contributed by atoms with Gasteiger partial charge in [0.1, 0.15) is 6.61 Å². The third-order valence-electron chi connectivity index (χ3n) is 5.54. The largest absolute Gasteiger partial charge is 0.466 e. The molecule has 0 aliphatic heterocycles. The van der Waals surface area contributed by atoms with Gasteiger partial charge in [-0.15, -0.1) is 0 Å². The van der Waals surface area contributed by atoms with E-state index in [2.05, 4.69) is 53.8 Å². The van der Waals surface area contributed by atoms with Crippen LogP contribution in [0.15, 0.2) is 41.4 Å². The third kappa shape index (κ3) is 35.3. The zero-order valence-corrected chi connectivity index (χ0v) is 27.0. The number of isocyanates is 1. The SMILES string of the molecule is C=C(C)C(=O)OC.C=C(C)C(=O)OCCN=C=O.C=C(CCCCCCCCCCCCCS)C(=O)OCCCC. The van der Waals surface area contributed by atoms with E-state index < -0.39 is 5.97 Å². The van der Waals surface area contributed by atoms with Crippen LogP contribution in [0.2, 0.25) is 0 Å². The second kappa shape index (κ2) is 33.6. The van der Waals surface area contributed by atoms with Gasteiger partial charge in [-0.2, -0.15) is 12.6 Å². The standard InChI is InChI=1S/C20H38O2S.C7H9NO3.C5H8O2/c1-3-4-17-22-20(21)19(2)16-14-12-10-8-6-5-7-9-11-13-15-18-23;1-6(2)7(10)11-4-3-8-5-9;1-4(2)5(6)7-3/h23H,2-18H2,1H3;1,3-4H2,2H3;1H2,2-3H3. The number of nitrogens with zero attached hydrogens (tertiary/aromatic N) is 1. The van der Waals surface area contributed by atoms with Crippen LogP contribution in [-0.4, -0.2) is 56.6 Å². The maximum Gasteiger partial charge on any atom is 0.333 e. The summed E-state index contributed by atoms with van der Waals surface area (Å²) in [5.74, 6) is 0.0190. The quantitative estimate of drug-likeness (QED) is 0.0259. The molecule has 0 fully saturated rings. The molecule has 0 unspecified atom stereocenters. The van der Waals surface area contributed by atoms with Gasteiger partial charge >= 0.3 is 17.9 Å². The van der Waals surface area contributed by atoms with Gasteiger partial charge in [-0.05, 0) is 45.3 Å². The highest BCUT2D eigenvalue weighted by molar-refractivity contribution is 7.80. The number of rotatable bonds is 22. The maximum atomic E-state index is 11.6. The molecule has 0 N–H and O–H groups in total. The van der Waals surface area contributed by atoms with Gasteiger partial charge in [0.05, 0.1) is 20.3 Å². The van der Waals surface area contributed by atoms with Crippen LogP contribution in [0.25, 0.3) is 0 Å². The second-order valence-electron chi connectivity index (χ2n) is 9.62. The summed E-state index contributed by atoms with van der Waals surface area (Å²) >= 11 is 4.23. The molecular weight excluding hydrogens is 542 g/mol. The Morgan fingerprint density at radius 3 is 1.56 bits per heavy atom. The van der Waals surface area contributed by atoms with Crippen molar-refractivity contribution in [3.63, 3.8) is 0 Å². The highest BCUT2D eigenvalue weighted by Gasteiger charge is 2.07. The first kappa shape index (κ1) is 42.8. The van der Waals surface area contributed by atoms with Crippen molar-refractivity contribution < 1.29 is 33.4 Å². The number of thiol groups is 1.